The number of carboxylic acids is 2. The minimum absolute atomic E-state index is 0.158. The molecule has 0 fully saturated rings. The molecule has 0 aromatic carbocycles. The molecule has 0 saturated heterocycles. The van der Waals surface area contributed by atoms with Crippen molar-refractivity contribution >= 4 is 23.9 Å². The molecule has 1 unspecified atom stereocenters. The van der Waals surface area contributed by atoms with Gasteiger partial charge in [-0.1, -0.05) is 0 Å². The Bertz CT molecular complexity index is 369. The molecule has 0 aliphatic rings. The largest absolute Gasteiger partial charge is 0.481 e. The highest BCUT2D eigenvalue weighted by atomic mass is 16.5. The Kier molecular flexibility index (Phi) is 6.94. The summed E-state index contributed by atoms with van der Waals surface area (Å²) in [5.41, 5.74) is 0. The first-order valence-electron chi connectivity index (χ1n) is 5.39. The topological polar surface area (TPSA) is 133 Å². The van der Waals surface area contributed by atoms with Crippen LogP contribution < -0.4 is 5.32 Å². The molecule has 0 spiro atoms. The molecule has 9 heteroatoms. The fourth-order valence-corrected chi connectivity index (χ4v) is 1.11. The van der Waals surface area contributed by atoms with E-state index >= 15 is 0 Å². The van der Waals surface area contributed by atoms with E-state index in [1.54, 1.807) is 6.92 Å². The monoisotopic (exact) mass is 276 g/mol. The number of carbonyl (C=O) groups excluding carboxylic acids is 2. The second-order valence-corrected chi connectivity index (χ2v) is 3.60. The molecule has 0 aromatic heterocycles. The van der Waals surface area contributed by atoms with Crippen LogP contribution in [0.25, 0.3) is 0 Å². The maximum absolute atomic E-state index is 11.5. The molecule has 0 aromatic rings. The molecule has 19 heavy (non-hydrogen) atoms. The summed E-state index contributed by atoms with van der Waals surface area (Å²) >= 11 is 0. The van der Waals surface area contributed by atoms with Gasteiger partial charge in [-0.05, 0) is 6.92 Å². The van der Waals surface area contributed by atoms with Crippen molar-refractivity contribution in [2.75, 3.05) is 20.2 Å². The van der Waals surface area contributed by atoms with Crippen LogP contribution in [-0.2, 0) is 19.1 Å². The maximum atomic E-state index is 11.5. The molecule has 0 heterocycles. The Labute approximate surface area is 109 Å². The fraction of sp³-hybridized carbons (Fsp3) is 0.600. The lowest BCUT2D eigenvalue weighted by Gasteiger charge is -2.19. The summed E-state index contributed by atoms with van der Waals surface area (Å²) in [7, 11) is 1.26. The van der Waals surface area contributed by atoms with Gasteiger partial charge in [0.25, 0.3) is 0 Å². The van der Waals surface area contributed by atoms with Crippen LogP contribution in [-0.4, -0.2) is 65.3 Å². The number of ether oxygens (including phenoxy) is 1. The first kappa shape index (κ1) is 16.7. The number of nitrogens with zero attached hydrogens (tertiary/aromatic N) is 1. The molecule has 0 radical (unpaired) electrons. The zero-order valence-electron chi connectivity index (χ0n) is 10.6. The van der Waals surface area contributed by atoms with Gasteiger partial charge in [-0.2, -0.15) is 0 Å². The number of rotatable bonds is 7. The van der Waals surface area contributed by atoms with E-state index in [1.807, 2.05) is 5.32 Å². The standard InChI is InChI=1S/C10H16N2O7/c1-3-19-8(15)5-12(2)10(18)11-6(9(16)17)4-7(13)14/h6H,3-5H2,1-2H3,(H,11,18)(H,13,14)(H,16,17). The fourth-order valence-electron chi connectivity index (χ4n) is 1.11. The normalized spacial score (nSPS) is 11.3. The molecule has 0 aliphatic carbocycles. The number of amides is 2. The third-order valence-corrected chi connectivity index (χ3v) is 1.99. The summed E-state index contributed by atoms with van der Waals surface area (Å²) in [4.78, 5) is 44.7. The maximum Gasteiger partial charge on any atom is 0.326 e. The average molecular weight is 276 g/mol. The van der Waals surface area contributed by atoms with Gasteiger partial charge in [0.2, 0.25) is 0 Å². The van der Waals surface area contributed by atoms with E-state index in [9.17, 15) is 19.2 Å². The third-order valence-electron chi connectivity index (χ3n) is 1.99. The Morgan fingerprint density at radius 1 is 1.26 bits per heavy atom. The Balaban J connectivity index is 4.42. The number of urea groups is 1. The number of aliphatic carboxylic acids is 2. The number of hydrogen-bond donors (Lipinski definition) is 3. The van der Waals surface area contributed by atoms with Crippen LogP contribution >= 0.6 is 0 Å². The zero-order valence-corrected chi connectivity index (χ0v) is 10.6. The van der Waals surface area contributed by atoms with E-state index in [0.717, 1.165) is 4.90 Å². The van der Waals surface area contributed by atoms with Crippen LogP contribution in [0.1, 0.15) is 13.3 Å². The summed E-state index contributed by atoms with van der Waals surface area (Å²) in [5, 5.41) is 19.2. The lowest BCUT2D eigenvalue weighted by Crippen LogP contribution is -2.48. The minimum atomic E-state index is -1.56. The van der Waals surface area contributed by atoms with Crippen LogP contribution in [0.4, 0.5) is 4.79 Å². The number of carboxylic acid groups (broad SMARTS) is 2. The number of carbonyl (C=O) groups is 4. The van der Waals surface area contributed by atoms with Crippen molar-refractivity contribution in [1.29, 1.82) is 0 Å². The van der Waals surface area contributed by atoms with Gasteiger partial charge < -0.3 is 25.2 Å². The molecular formula is C10H16N2O7. The van der Waals surface area contributed by atoms with Crippen molar-refractivity contribution in [1.82, 2.24) is 10.2 Å². The molecule has 0 rings (SSSR count). The smallest absolute Gasteiger partial charge is 0.326 e. The Morgan fingerprint density at radius 3 is 2.26 bits per heavy atom. The molecule has 2 amide bonds. The summed E-state index contributed by atoms with van der Waals surface area (Å²) in [6.45, 7) is 1.40. The lowest BCUT2D eigenvalue weighted by atomic mass is 10.2. The molecule has 1 atom stereocenters. The van der Waals surface area contributed by atoms with E-state index in [-0.39, 0.29) is 13.2 Å². The highest BCUT2D eigenvalue weighted by Gasteiger charge is 2.25. The molecule has 3 N–H and O–H groups in total. The third kappa shape index (κ3) is 6.86. The van der Waals surface area contributed by atoms with Crippen LogP contribution in [0, 0.1) is 0 Å². The Morgan fingerprint density at radius 2 is 1.84 bits per heavy atom. The van der Waals surface area contributed by atoms with Crippen LogP contribution in [0.15, 0.2) is 0 Å². The predicted octanol–water partition coefficient (Wildman–Crippen LogP) is -0.881. The number of esters is 1. The van der Waals surface area contributed by atoms with Gasteiger partial charge in [-0.3, -0.25) is 9.59 Å². The summed E-state index contributed by atoms with van der Waals surface area (Å²) in [5.74, 6) is -3.48. The summed E-state index contributed by atoms with van der Waals surface area (Å²) in [6.07, 6.45) is -0.756. The highest BCUT2D eigenvalue weighted by molar-refractivity contribution is 5.87. The molecule has 9 nitrogen and oxygen atoms in total. The molecule has 0 aliphatic heterocycles. The van der Waals surface area contributed by atoms with Crippen LogP contribution in [0.3, 0.4) is 0 Å². The second kappa shape index (κ2) is 7.90. The van der Waals surface area contributed by atoms with E-state index in [4.69, 9.17) is 10.2 Å². The van der Waals surface area contributed by atoms with Crippen molar-refractivity contribution < 1.29 is 34.1 Å². The first-order chi connectivity index (χ1) is 8.77. The number of hydrogen-bond acceptors (Lipinski definition) is 5. The van der Waals surface area contributed by atoms with E-state index in [2.05, 4.69) is 4.74 Å². The summed E-state index contributed by atoms with van der Waals surface area (Å²) < 4.78 is 4.61. The molecule has 0 bridgehead atoms. The highest BCUT2D eigenvalue weighted by Crippen LogP contribution is 1.96. The van der Waals surface area contributed by atoms with Crippen molar-refractivity contribution in [2.45, 2.75) is 19.4 Å². The predicted molar refractivity (Wildman–Crippen MR) is 61.5 cm³/mol. The van der Waals surface area contributed by atoms with Gasteiger partial charge in [0, 0.05) is 7.05 Å². The van der Waals surface area contributed by atoms with Crippen molar-refractivity contribution in [3.63, 3.8) is 0 Å². The molecular weight excluding hydrogens is 260 g/mol. The zero-order chi connectivity index (χ0) is 15.0. The van der Waals surface area contributed by atoms with Crippen molar-refractivity contribution in [3.05, 3.63) is 0 Å². The van der Waals surface area contributed by atoms with Gasteiger partial charge in [-0.15, -0.1) is 0 Å². The van der Waals surface area contributed by atoms with E-state index in [1.165, 1.54) is 7.05 Å². The summed E-state index contributed by atoms with van der Waals surface area (Å²) in [6, 6.07) is -2.43. The van der Waals surface area contributed by atoms with E-state index in [0.29, 0.717) is 0 Å². The van der Waals surface area contributed by atoms with Gasteiger partial charge in [-0.25, -0.2) is 9.59 Å². The number of likely N-dealkylation sites (N-methyl/N-ethyl adjacent to an activating group) is 1. The molecule has 108 valence electrons. The van der Waals surface area contributed by atoms with Crippen molar-refractivity contribution in [2.24, 2.45) is 0 Å². The molecule has 0 saturated carbocycles. The van der Waals surface area contributed by atoms with Gasteiger partial charge in [0.1, 0.15) is 12.6 Å². The lowest BCUT2D eigenvalue weighted by molar-refractivity contribution is -0.145. The van der Waals surface area contributed by atoms with Gasteiger partial charge in [0.15, 0.2) is 0 Å². The van der Waals surface area contributed by atoms with Gasteiger partial charge >= 0.3 is 23.9 Å². The van der Waals surface area contributed by atoms with Crippen LogP contribution in [0.2, 0.25) is 0 Å². The quantitative estimate of drug-likeness (QED) is 0.514. The van der Waals surface area contributed by atoms with Gasteiger partial charge in [0.05, 0.1) is 13.0 Å². The first-order valence-corrected chi connectivity index (χ1v) is 5.39. The number of nitrogens with one attached hydrogen (secondary N) is 1. The average Bonchev–Trinajstić information content (AvgIpc) is 2.27. The second-order valence-electron chi connectivity index (χ2n) is 3.60. The van der Waals surface area contributed by atoms with Crippen LogP contribution in [0.5, 0.6) is 0 Å². The van der Waals surface area contributed by atoms with E-state index < -0.39 is 36.4 Å². The Hall–Kier alpha value is -2.32. The van der Waals surface area contributed by atoms with Crippen molar-refractivity contribution in [3.8, 4) is 0 Å². The SMILES string of the molecule is CCOC(=O)CN(C)C(=O)NC(CC(=O)O)C(=O)O. The minimum Gasteiger partial charge on any atom is -0.481 e.